The molecule has 0 atom stereocenters. The van der Waals surface area contributed by atoms with Crippen LogP contribution in [0.4, 0.5) is 5.69 Å². The summed E-state index contributed by atoms with van der Waals surface area (Å²) in [5.41, 5.74) is 7.93. The van der Waals surface area contributed by atoms with Crippen molar-refractivity contribution in [1.29, 1.82) is 0 Å². The van der Waals surface area contributed by atoms with Crippen LogP contribution in [0, 0.1) is 13.8 Å². The number of rotatable bonds is 6. The van der Waals surface area contributed by atoms with Crippen molar-refractivity contribution in [2.45, 2.75) is 24.8 Å². The normalized spacial score (nSPS) is 10.6. The SMILES string of the molecule is Cc1cc(C)nc(SCc2ccc(C(=O)Nc3ccc(C(N)=O)cc3)o2)n1. The molecule has 138 valence electrons. The Hall–Kier alpha value is -3.13. The Kier molecular flexibility index (Phi) is 5.56. The summed E-state index contributed by atoms with van der Waals surface area (Å²) in [7, 11) is 0. The number of thioether (sulfide) groups is 1. The van der Waals surface area contributed by atoms with Gasteiger partial charge in [-0.1, -0.05) is 11.8 Å². The lowest BCUT2D eigenvalue weighted by Crippen LogP contribution is -2.13. The van der Waals surface area contributed by atoms with Crippen LogP contribution < -0.4 is 11.1 Å². The van der Waals surface area contributed by atoms with Gasteiger partial charge in [-0.25, -0.2) is 9.97 Å². The lowest BCUT2D eigenvalue weighted by Gasteiger charge is -2.04. The first-order valence-corrected chi connectivity index (χ1v) is 9.14. The Balaban J connectivity index is 1.60. The van der Waals surface area contributed by atoms with Crippen molar-refractivity contribution < 1.29 is 14.0 Å². The van der Waals surface area contributed by atoms with Crippen molar-refractivity contribution in [3.63, 3.8) is 0 Å². The Morgan fingerprint density at radius 1 is 1.07 bits per heavy atom. The van der Waals surface area contributed by atoms with Gasteiger partial charge < -0.3 is 15.5 Å². The lowest BCUT2D eigenvalue weighted by atomic mass is 10.2. The molecule has 2 aromatic heterocycles. The van der Waals surface area contributed by atoms with Gasteiger partial charge in [-0.15, -0.1) is 0 Å². The van der Waals surface area contributed by atoms with E-state index in [4.69, 9.17) is 10.2 Å². The third kappa shape index (κ3) is 4.95. The monoisotopic (exact) mass is 382 g/mol. The molecule has 0 aliphatic carbocycles. The van der Waals surface area contributed by atoms with Gasteiger partial charge in [-0.3, -0.25) is 9.59 Å². The molecule has 7 nitrogen and oxygen atoms in total. The van der Waals surface area contributed by atoms with Crippen LogP contribution in [0.1, 0.15) is 38.1 Å². The molecule has 0 aliphatic rings. The third-order valence-corrected chi connectivity index (χ3v) is 4.49. The topological polar surface area (TPSA) is 111 Å². The van der Waals surface area contributed by atoms with Gasteiger partial charge in [0.05, 0.1) is 5.75 Å². The number of aryl methyl sites for hydroxylation is 2. The van der Waals surface area contributed by atoms with Crippen molar-refractivity contribution in [2.24, 2.45) is 5.73 Å². The van der Waals surface area contributed by atoms with Gasteiger partial charge in [0.1, 0.15) is 5.76 Å². The summed E-state index contributed by atoms with van der Waals surface area (Å²) in [6.07, 6.45) is 0. The number of amides is 2. The second-order valence-electron chi connectivity index (χ2n) is 5.88. The van der Waals surface area contributed by atoms with E-state index in [2.05, 4.69) is 15.3 Å². The molecule has 2 heterocycles. The van der Waals surface area contributed by atoms with E-state index in [1.54, 1.807) is 36.4 Å². The summed E-state index contributed by atoms with van der Waals surface area (Å²) in [4.78, 5) is 32.1. The zero-order chi connectivity index (χ0) is 19.4. The first-order valence-electron chi connectivity index (χ1n) is 8.16. The van der Waals surface area contributed by atoms with E-state index in [-0.39, 0.29) is 11.7 Å². The molecule has 3 N–H and O–H groups in total. The van der Waals surface area contributed by atoms with Crippen LogP contribution in [-0.2, 0) is 5.75 Å². The van der Waals surface area contributed by atoms with Crippen molar-refractivity contribution in [1.82, 2.24) is 9.97 Å². The molecular formula is C19H18N4O3S. The molecular weight excluding hydrogens is 364 g/mol. The zero-order valence-electron chi connectivity index (χ0n) is 14.9. The minimum Gasteiger partial charge on any atom is -0.455 e. The number of nitrogens with zero attached hydrogens (tertiary/aromatic N) is 2. The number of carbonyl (C=O) groups excluding carboxylic acids is 2. The van der Waals surface area contributed by atoms with Crippen LogP contribution in [0.3, 0.4) is 0 Å². The third-order valence-electron chi connectivity index (χ3n) is 3.62. The molecule has 3 rings (SSSR count). The summed E-state index contributed by atoms with van der Waals surface area (Å²) in [6, 6.07) is 11.6. The smallest absolute Gasteiger partial charge is 0.291 e. The molecule has 2 amide bonds. The van der Waals surface area contributed by atoms with Crippen LogP contribution in [-0.4, -0.2) is 21.8 Å². The van der Waals surface area contributed by atoms with Crippen LogP contribution in [0.25, 0.3) is 0 Å². The van der Waals surface area contributed by atoms with Gasteiger partial charge in [0.15, 0.2) is 10.9 Å². The number of nitrogens with one attached hydrogen (secondary N) is 1. The van der Waals surface area contributed by atoms with Crippen molar-refractivity contribution in [3.05, 3.63) is 70.9 Å². The second-order valence-corrected chi connectivity index (χ2v) is 6.83. The quantitative estimate of drug-likeness (QED) is 0.500. The van der Waals surface area contributed by atoms with Gasteiger partial charge in [0.25, 0.3) is 5.91 Å². The van der Waals surface area contributed by atoms with E-state index >= 15 is 0 Å². The number of hydrogen-bond donors (Lipinski definition) is 2. The number of benzene rings is 1. The fraction of sp³-hybridized carbons (Fsp3) is 0.158. The summed E-state index contributed by atoms with van der Waals surface area (Å²) >= 11 is 1.44. The highest BCUT2D eigenvalue weighted by Crippen LogP contribution is 2.22. The van der Waals surface area contributed by atoms with E-state index < -0.39 is 5.91 Å². The van der Waals surface area contributed by atoms with Crippen molar-refractivity contribution >= 4 is 29.3 Å². The van der Waals surface area contributed by atoms with E-state index in [0.29, 0.717) is 27.9 Å². The fourth-order valence-electron chi connectivity index (χ4n) is 2.38. The predicted molar refractivity (Wildman–Crippen MR) is 103 cm³/mol. The molecule has 0 fully saturated rings. The van der Waals surface area contributed by atoms with Crippen LogP contribution in [0.2, 0.25) is 0 Å². The van der Waals surface area contributed by atoms with Crippen LogP contribution in [0.5, 0.6) is 0 Å². The Morgan fingerprint density at radius 3 is 2.37 bits per heavy atom. The first-order chi connectivity index (χ1) is 12.9. The number of hydrogen-bond acceptors (Lipinski definition) is 6. The number of nitrogens with two attached hydrogens (primary N) is 1. The number of aromatic nitrogens is 2. The highest BCUT2D eigenvalue weighted by molar-refractivity contribution is 7.98. The molecule has 0 unspecified atom stereocenters. The van der Waals surface area contributed by atoms with E-state index in [1.165, 1.54) is 11.8 Å². The lowest BCUT2D eigenvalue weighted by molar-refractivity contribution is 0.0990. The van der Waals surface area contributed by atoms with Gasteiger partial charge in [-0.05, 0) is 56.3 Å². The van der Waals surface area contributed by atoms with Gasteiger partial charge >= 0.3 is 0 Å². The molecule has 0 bridgehead atoms. The second kappa shape index (κ2) is 8.05. The molecule has 0 spiro atoms. The number of carbonyl (C=O) groups is 2. The molecule has 0 aliphatic heterocycles. The minimum atomic E-state index is -0.520. The molecule has 0 saturated heterocycles. The highest BCUT2D eigenvalue weighted by atomic mass is 32.2. The molecule has 3 aromatic rings. The minimum absolute atomic E-state index is 0.200. The zero-order valence-corrected chi connectivity index (χ0v) is 15.7. The summed E-state index contributed by atoms with van der Waals surface area (Å²) in [5.74, 6) is 0.473. The Morgan fingerprint density at radius 2 is 1.74 bits per heavy atom. The maximum absolute atomic E-state index is 12.3. The number of anilines is 1. The summed E-state index contributed by atoms with van der Waals surface area (Å²) in [6.45, 7) is 3.84. The Labute approximate surface area is 160 Å². The number of primary amides is 1. The molecule has 27 heavy (non-hydrogen) atoms. The van der Waals surface area contributed by atoms with Crippen molar-refractivity contribution in [2.75, 3.05) is 5.32 Å². The largest absolute Gasteiger partial charge is 0.455 e. The fourth-order valence-corrected chi connectivity index (χ4v) is 3.23. The number of furan rings is 1. The summed E-state index contributed by atoms with van der Waals surface area (Å²) < 4.78 is 5.60. The average molecular weight is 382 g/mol. The van der Waals surface area contributed by atoms with Crippen molar-refractivity contribution in [3.8, 4) is 0 Å². The van der Waals surface area contributed by atoms with Crippen LogP contribution in [0.15, 0.2) is 52.0 Å². The Bertz CT molecular complexity index is 963. The van der Waals surface area contributed by atoms with Gasteiger partial charge in [-0.2, -0.15) is 0 Å². The predicted octanol–water partition coefficient (Wildman–Crippen LogP) is 3.33. The van der Waals surface area contributed by atoms with Crippen LogP contribution >= 0.6 is 11.8 Å². The first kappa shape index (κ1) is 18.7. The maximum atomic E-state index is 12.3. The molecule has 0 radical (unpaired) electrons. The molecule has 8 heteroatoms. The van der Waals surface area contributed by atoms with E-state index in [9.17, 15) is 9.59 Å². The average Bonchev–Trinajstić information content (AvgIpc) is 3.09. The van der Waals surface area contributed by atoms with E-state index in [1.807, 2.05) is 19.9 Å². The molecule has 1 aromatic carbocycles. The van der Waals surface area contributed by atoms with Gasteiger partial charge in [0.2, 0.25) is 5.91 Å². The van der Waals surface area contributed by atoms with E-state index in [0.717, 1.165) is 11.4 Å². The van der Waals surface area contributed by atoms with Gasteiger partial charge in [0, 0.05) is 22.6 Å². The maximum Gasteiger partial charge on any atom is 0.291 e. The molecule has 0 saturated carbocycles. The standard InChI is InChI=1S/C19H18N4O3S/c1-11-9-12(2)22-19(21-11)27-10-15-7-8-16(26-15)18(25)23-14-5-3-13(4-6-14)17(20)24/h3-9H,10H2,1-2H3,(H2,20,24)(H,23,25). The highest BCUT2D eigenvalue weighted by Gasteiger charge is 2.13. The summed E-state index contributed by atoms with van der Waals surface area (Å²) in [5, 5.41) is 3.38.